The van der Waals surface area contributed by atoms with Gasteiger partial charge < -0.3 is 24.1 Å². The van der Waals surface area contributed by atoms with Crippen LogP contribution in [0.4, 0.5) is 5.69 Å². The number of nitrogens with one attached hydrogen (secondary N) is 1. The minimum absolute atomic E-state index is 0.418. The van der Waals surface area contributed by atoms with Crippen LogP contribution in [0.2, 0.25) is 0 Å². The number of benzene rings is 2. The van der Waals surface area contributed by atoms with Crippen LogP contribution in [0.5, 0.6) is 5.75 Å². The third-order valence-electron chi connectivity index (χ3n) is 5.58. The fourth-order valence-electron chi connectivity index (χ4n) is 3.71. The lowest BCUT2D eigenvalue weighted by atomic mass is 9.99. The molecule has 0 saturated heterocycles. The maximum absolute atomic E-state index is 12.7. The summed E-state index contributed by atoms with van der Waals surface area (Å²) < 4.78 is 16.0. The summed E-state index contributed by atoms with van der Waals surface area (Å²) in [6, 6.07) is 14.0. The summed E-state index contributed by atoms with van der Waals surface area (Å²) >= 11 is 1.68. The summed E-state index contributed by atoms with van der Waals surface area (Å²) in [5, 5.41) is 3.56. The number of para-hydroxylation sites is 1. The van der Waals surface area contributed by atoms with Crippen molar-refractivity contribution in [2.45, 2.75) is 24.5 Å². The maximum Gasteiger partial charge on any atom is 0.341 e. The van der Waals surface area contributed by atoms with Gasteiger partial charge in [0.25, 0.3) is 0 Å². The SMILES string of the molecule is CCN(CC)CCNc1ccccc1SCc1ccc(-c2ccoc2)c(OC)c1C(=O)OC. The van der Waals surface area contributed by atoms with Gasteiger partial charge in [-0.25, -0.2) is 4.79 Å². The Kier molecular flexibility index (Phi) is 9.27. The molecule has 0 aliphatic heterocycles. The molecule has 0 bridgehead atoms. The third kappa shape index (κ3) is 6.12. The van der Waals surface area contributed by atoms with Gasteiger partial charge in [-0.15, -0.1) is 11.8 Å². The molecule has 0 fully saturated rings. The Balaban J connectivity index is 1.82. The summed E-state index contributed by atoms with van der Waals surface area (Å²) in [5.74, 6) is 0.673. The number of carbonyl (C=O) groups is 1. The van der Waals surface area contributed by atoms with Crippen molar-refractivity contribution in [3.8, 4) is 16.9 Å². The monoisotopic (exact) mass is 468 g/mol. The number of nitrogens with zero attached hydrogens (tertiary/aromatic N) is 1. The molecule has 0 amide bonds. The smallest absolute Gasteiger partial charge is 0.341 e. The number of methoxy groups -OCH3 is 2. The number of hydrogen-bond donors (Lipinski definition) is 1. The molecule has 1 heterocycles. The van der Waals surface area contributed by atoms with Crippen LogP contribution in [0, 0.1) is 0 Å². The van der Waals surface area contributed by atoms with E-state index in [1.54, 1.807) is 31.4 Å². The van der Waals surface area contributed by atoms with Gasteiger partial charge in [-0.05, 0) is 36.9 Å². The summed E-state index contributed by atoms with van der Waals surface area (Å²) in [6.07, 6.45) is 3.23. The van der Waals surface area contributed by atoms with Crippen molar-refractivity contribution >= 4 is 23.4 Å². The number of likely N-dealkylation sites (N-methyl/N-ethyl adjacent to an activating group) is 1. The molecule has 0 atom stereocenters. The molecule has 0 spiro atoms. The van der Waals surface area contributed by atoms with E-state index in [2.05, 4.69) is 36.2 Å². The van der Waals surface area contributed by atoms with Gasteiger partial charge in [0.05, 0.1) is 26.7 Å². The van der Waals surface area contributed by atoms with E-state index < -0.39 is 5.97 Å². The molecule has 6 nitrogen and oxygen atoms in total. The minimum Gasteiger partial charge on any atom is -0.495 e. The van der Waals surface area contributed by atoms with E-state index in [-0.39, 0.29) is 0 Å². The number of thioether (sulfide) groups is 1. The summed E-state index contributed by atoms with van der Waals surface area (Å²) in [7, 11) is 2.95. The van der Waals surface area contributed by atoms with Crippen molar-refractivity contribution in [2.24, 2.45) is 0 Å². The molecule has 0 saturated carbocycles. The van der Waals surface area contributed by atoms with Crippen LogP contribution in [0.15, 0.2) is 64.3 Å². The molecule has 0 radical (unpaired) electrons. The van der Waals surface area contributed by atoms with E-state index >= 15 is 0 Å². The average Bonchev–Trinajstić information content (AvgIpc) is 3.39. The molecule has 3 rings (SSSR count). The van der Waals surface area contributed by atoms with Crippen molar-refractivity contribution in [1.29, 1.82) is 0 Å². The zero-order valence-electron chi connectivity index (χ0n) is 19.7. The number of carbonyl (C=O) groups excluding carboxylic acids is 1. The molecule has 0 aliphatic carbocycles. The van der Waals surface area contributed by atoms with Crippen LogP contribution in [0.3, 0.4) is 0 Å². The third-order valence-corrected chi connectivity index (χ3v) is 6.70. The second-order valence-electron chi connectivity index (χ2n) is 7.42. The zero-order chi connectivity index (χ0) is 23.6. The van der Waals surface area contributed by atoms with E-state index in [4.69, 9.17) is 13.9 Å². The first-order chi connectivity index (χ1) is 16.1. The molecule has 1 N–H and O–H groups in total. The van der Waals surface area contributed by atoms with Crippen LogP contribution >= 0.6 is 11.8 Å². The quantitative estimate of drug-likeness (QED) is 0.267. The zero-order valence-corrected chi connectivity index (χ0v) is 20.5. The molecule has 0 aliphatic rings. The Morgan fingerprint density at radius 2 is 1.88 bits per heavy atom. The Morgan fingerprint density at radius 1 is 1.09 bits per heavy atom. The predicted molar refractivity (Wildman–Crippen MR) is 134 cm³/mol. The minimum atomic E-state index is -0.418. The highest BCUT2D eigenvalue weighted by molar-refractivity contribution is 7.98. The molecule has 0 unspecified atom stereocenters. The van der Waals surface area contributed by atoms with Gasteiger partial charge in [0, 0.05) is 40.6 Å². The first kappa shape index (κ1) is 24.7. The van der Waals surface area contributed by atoms with E-state index in [0.717, 1.165) is 53.5 Å². The average molecular weight is 469 g/mol. The second-order valence-corrected chi connectivity index (χ2v) is 8.44. The van der Waals surface area contributed by atoms with Gasteiger partial charge in [-0.3, -0.25) is 0 Å². The van der Waals surface area contributed by atoms with Gasteiger partial charge in [0.15, 0.2) is 0 Å². The predicted octanol–water partition coefficient (Wildman–Crippen LogP) is 5.79. The summed E-state index contributed by atoms with van der Waals surface area (Å²) in [5.41, 5.74) is 4.03. The molecular weight excluding hydrogens is 436 g/mol. The fraction of sp³-hybridized carbons (Fsp3) is 0.346. The Hall–Kier alpha value is -2.90. The Bertz CT molecular complexity index is 1030. The number of furan rings is 1. The Labute approximate surface area is 200 Å². The van der Waals surface area contributed by atoms with Gasteiger partial charge >= 0.3 is 5.97 Å². The van der Waals surface area contributed by atoms with Crippen LogP contribution < -0.4 is 10.1 Å². The van der Waals surface area contributed by atoms with Gasteiger partial charge in [0.2, 0.25) is 0 Å². The number of hydrogen-bond acceptors (Lipinski definition) is 7. The van der Waals surface area contributed by atoms with E-state index in [9.17, 15) is 4.79 Å². The number of anilines is 1. The largest absolute Gasteiger partial charge is 0.495 e. The van der Waals surface area contributed by atoms with Crippen LogP contribution in [-0.4, -0.2) is 51.3 Å². The van der Waals surface area contributed by atoms with Crippen molar-refractivity contribution in [3.63, 3.8) is 0 Å². The topological polar surface area (TPSA) is 63.9 Å². The molecule has 3 aromatic rings. The van der Waals surface area contributed by atoms with E-state index in [0.29, 0.717) is 17.1 Å². The first-order valence-electron chi connectivity index (χ1n) is 11.1. The van der Waals surface area contributed by atoms with Gasteiger partial charge in [-0.1, -0.05) is 38.1 Å². The van der Waals surface area contributed by atoms with E-state index in [1.165, 1.54) is 7.11 Å². The van der Waals surface area contributed by atoms with Crippen molar-refractivity contribution in [1.82, 2.24) is 4.90 Å². The van der Waals surface area contributed by atoms with Crippen LogP contribution in [0.1, 0.15) is 29.8 Å². The van der Waals surface area contributed by atoms with Crippen LogP contribution in [0.25, 0.3) is 11.1 Å². The van der Waals surface area contributed by atoms with Gasteiger partial charge in [-0.2, -0.15) is 0 Å². The fourth-order valence-corrected chi connectivity index (χ4v) is 4.73. The molecular formula is C26H32N2O4S. The highest BCUT2D eigenvalue weighted by Crippen LogP contribution is 2.38. The molecule has 1 aromatic heterocycles. The number of rotatable bonds is 12. The molecule has 176 valence electrons. The van der Waals surface area contributed by atoms with Crippen LogP contribution in [-0.2, 0) is 10.5 Å². The van der Waals surface area contributed by atoms with Crippen molar-refractivity contribution in [2.75, 3.05) is 45.7 Å². The number of esters is 1. The van der Waals surface area contributed by atoms with Crippen molar-refractivity contribution < 1.29 is 18.7 Å². The lowest BCUT2D eigenvalue weighted by Crippen LogP contribution is -2.28. The highest BCUT2D eigenvalue weighted by Gasteiger charge is 2.23. The second kappa shape index (κ2) is 12.4. The molecule has 7 heteroatoms. The summed E-state index contributed by atoms with van der Waals surface area (Å²) in [6.45, 7) is 8.31. The summed E-state index contributed by atoms with van der Waals surface area (Å²) in [4.78, 5) is 16.2. The highest BCUT2D eigenvalue weighted by atomic mass is 32.2. The normalized spacial score (nSPS) is 10.9. The van der Waals surface area contributed by atoms with Crippen molar-refractivity contribution in [3.05, 3.63) is 66.1 Å². The van der Waals surface area contributed by atoms with Gasteiger partial charge in [0.1, 0.15) is 11.3 Å². The first-order valence-corrected chi connectivity index (χ1v) is 12.1. The lowest BCUT2D eigenvalue weighted by molar-refractivity contribution is 0.0596. The molecule has 2 aromatic carbocycles. The molecule has 33 heavy (non-hydrogen) atoms. The standard InChI is InChI=1S/C26H32N2O4S/c1-5-28(6-2)15-14-27-22-9-7-8-10-23(22)33-18-20-11-12-21(19-13-16-32-17-19)25(30-3)24(20)26(29)31-4/h7-13,16-17,27H,5-6,14-15,18H2,1-4H3. The maximum atomic E-state index is 12.7. The lowest BCUT2D eigenvalue weighted by Gasteiger charge is -2.19. The Morgan fingerprint density at radius 3 is 2.55 bits per heavy atom. The number of ether oxygens (including phenoxy) is 2. The van der Waals surface area contributed by atoms with E-state index in [1.807, 2.05) is 30.3 Å².